The van der Waals surface area contributed by atoms with Crippen molar-refractivity contribution in [3.63, 3.8) is 0 Å². The first kappa shape index (κ1) is 13.8. The van der Waals surface area contributed by atoms with Crippen molar-refractivity contribution in [1.82, 2.24) is 4.98 Å². The van der Waals surface area contributed by atoms with E-state index in [1.807, 2.05) is 13.0 Å². The van der Waals surface area contributed by atoms with Gasteiger partial charge in [-0.1, -0.05) is 15.9 Å². The molecule has 0 aliphatic carbocycles. The molecule has 106 valence electrons. The van der Waals surface area contributed by atoms with Gasteiger partial charge in [0.15, 0.2) is 0 Å². The second kappa shape index (κ2) is 5.33. The summed E-state index contributed by atoms with van der Waals surface area (Å²) in [6.07, 6.45) is 0. The van der Waals surface area contributed by atoms with Gasteiger partial charge < -0.3 is 10.5 Å². The largest absolute Gasteiger partial charge is 0.456 e. The van der Waals surface area contributed by atoms with Crippen LogP contribution in [0.2, 0.25) is 0 Å². The minimum Gasteiger partial charge on any atom is -0.456 e. The van der Waals surface area contributed by atoms with Gasteiger partial charge >= 0.3 is 0 Å². The predicted molar refractivity (Wildman–Crippen MR) is 85.1 cm³/mol. The number of nitrogen functional groups attached to an aromatic ring is 1. The van der Waals surface area contributed by atoms with Crippen molar-refractivity contribution in [2.75, 3.05) is 5.73 Å². The average molecular weight is 347 g/mol. The van der Waals surface area contributed by atoms with Crippen LogP contribution in [-0.2, 0) is 0 Å². The van der Waals surface area contributed by atoms with Crippen LogP contribution in [0.4, 0.5) is 10.1 Å². The van der Waals surface area contributed by atoms with E-state index in [-0.39, 0.29) is 5.82 Å². The number of ether oxygens (including phenoxy) is 1. The maximum atomic E-state index is 13.4. The zero-order chi connectivity index (χ0) is 15.0. The number of nitrogens with two attached hydrogens (primary N) is 1. The second-order valence-electron chi connectivity index (χ2n) is 4.75. The summed E-state index contributed by atoms with van der Waals surface area (Å²) in [7, 11) is 0. The molecule has 0 radical (unpaired) electrons. The normalized spacial score (nSPS) is 10.8. The second-order valence-corrected chi connectivity index (χ2v) is 5.66. The molecule has 3 rings (SSSR count). The SMILES string of the molecule is Cc1cc(Oc2cc(F)cc(Br)c2)c2cc(N)ccc2n1. The van der Waals surface area contributed by atoms with Crippen LogP contribution in [0.1, 0.15) is 5.69 Å². The Morgan fingerprint density at radius 2 is 1.95 bits per heavy atom. The maximum absolute atomic E-state index is 13.4. The van der Waals surface area contributed by atoms with Gasteiger partial charge in [0.2, 0.25) is 0 Å². The van der Waals surface area contributed by atoms with Crippen LogP contribution >= 0.6 is 15.9 Å². The number of aryl methyl sites for hydroxylation is 1. The summed E-state index contributed by atoms with van der Waals surface area (Å²) in [6.45, 7) is 1.88. The first-order chi connectivity index (χ1) is 10.0. The third kappa shape index (κ3) is 2.97. The summed E-state index contributed by atoms with van der Waals surface area (Å²) in [4.78, 5) is 4.44. The lowest BCUT2D eigenvalue weighted by Gasteiger charge is -2.11. The van der Waals surface area contributed by atoms with E-state index in [4.69, 9.17) is 10.5 Å². The number of nitrogens with zero attached hydrogens (tertiary/aromatic N) is 1. The molecule has 0 amide bonds. The molecule has 2 N–H and O–H groups in total. The standard InChI is InChI=1S/C16H12BrFN2O/c1-9-4-16(14-8-12(19)2-3-15(14)20-9)21-13-6-10(17)5-11(18)7-13/h2-8H,19H2,1H3. The van der Waals surface area contributed by atoms with Crippen molar-refractivity contribution < 1.29 is 9.13 Å². The molecule has 0 spiro atoms. The first-order valence-corrected chi connectivity index (χ1v) is 7.11. The van der Waals surface area contributed by atoms with Crippen LogP contribution in [0.25, 0.3) is 10.9 Å². The minimum atomic E-state index is -0.367. The Bertz CT molecular complexity index is 816. The van der Waals surface area contributed by atoms with Crippen molar-refractivity contribution >= 4 is 32.5 Å². The van der Waals surface area contributed by atoms with Crippen LogP contribution in [0.3, 0.4) is 0 Å². The first-order valence-electron chi connectivity index (χ1n) is 6.32. The third-order valence-electron chi connectivity index (χ3n) is 2.99. The number of hydrogen-bond acceptors (Lipinski definition) is 3. The predicted octanol–water partition coefficient (Wildman–Crippen LogP) is 4.82. The number of pyridine rings is 1. The Kier molecular flexibility index (Phi) is 3.51. The summed E-state index contributed by atoms with van der Waals surface area (Å²) in [5.74, 6) is 0.646. The van der Waals surface area contributed by atoms with Gasteiger partial charge in [-0.2, -0.15) is 0 Å². The van der Waals surface area contributed by atoms with Crippen LogP contribution in [0, 0.1) is 12.7 Å². The number of anilines is 1. The quantitative estimate of drug-likeness (QED) is 0.676. The van der Waals surface area contributed by atoms with Crippen molar-refractivity contribution in [3.05, 3.63) is 58.4 Å². The van der Waals surface area contributed by atoms with Crippen molar-refractivity contribution in [2.45, 2.75) is 6.92 Å². The number of fused-ring (bicyclic) bond motifs is 1. The van der Waals surface area contributed by atoms with Gasteiger partial charge in [0.25, 0.3) is 0 Å². The van der Waals surface area contributed by atoms with Crippen LogP contribution in [0.15, 0.2) is 46.9 Å². The molecule has 3 aromatic rings. The molecule has 0 atom stereocenters. The topological polar surface area (TPSA) is 48.1 Å². The molecule has 21 heavy (non-hydrogen) atoms. The van der Waals surface area contributed by atoms with E-state index in [0.717, 1.165) is 16.6 Å². The van der Waals surface area contributed by atoms with Gasteiger partial charge in [0.05, 0.1) is 5.52 Å². The third-order valence-corrected chi connectivity index (χ3v) is 3.44. The zero-order valence-electron chi connectivity index (χ0n) is 11.2. The van der Waals surface area contributed by atoms with Crippen molar-refractivity contribution in [2.24, 2.45) is 0 Å². The van der Waals surface area contributed by atoms with E-state index in [1.54, 1.807) is 24.3 Å². The highest BCUT2D eigenvalue weighted by molar-refractivity contribution is 9.10. The van der Waals surface area contributed by atoms with E-state index in [2.05, 4.69) is 20.9 Å². The van der Waals surface area contributed by atoms with E-state index in [9.17, 15) is 4.39 Å². The van der Waals surface area contributed by atoms with E-state index < -0.39 is 0 Å². The molecule has 0 aliphatic rings. The molecule has 2 aromatic carbocycles. The maximum Gasteiger partial charge on any atom is 0.138 e. The fourth-order valence-corrected chi connectivity index (χ4v) is 2.58. The molecule has 0 unspecified atom stereocenters. The Morgan fingerprint density at radius 1 is 1.14 bits per heavy atom. The Labute approximate surface area is 129 Å². The summed E-state index contributed by atoms with van der Waals surface area (Å²) in [5, 5.41) is 0.793. The molecule has 0 aliphatic heterocycles. The van der Waals surface area contributed by atoms with Gasteiger partial charge in [-0.25, -0.2) is 4.39 Å². The lowest BCUT2D eigenvalue weighted by molar-refractivity contribution is 0.480. The molecule has 0 bridgehead atoms. The summed E-state index contributed by atoms with van der Waals surface area (Å²) in [5.41, 5.74) is 8.05. The zero-order valence-corrected chi connectivity index (χ0v) is 12.8. The minimum absolute atomic E-state index is 0.367. The lowest BCUT2D eigenvalue weighted by Crippen LogP contribution is -1.93. The number of benzene rings is 2. The van der Waals surface area contributed by atoms with Crippen molar-refractivity contribution in [3.8, 4) is 11.5 Å². The summed E-state index contributed by atoms with van der Waals surface area (Å²) >= 11 is 3.25. The van der Waals surface area contributed by atoms with E-state index >= 15 is 0 Å². The number of hydrogen-bond donors (Lipinski definition) is 1. The van der Waals surface area contributed by atoms with E-state index in [1.165, 1.54) is 12.1 Å². The van der Waals surface area contributed by atoms with Gasteiger partial charge in [-0.05, 0) is 37.3 Å². The van der Waals surface area contributed by atoms with Crippen molar-refractivity contribution in [1.29, 1.82) is 0 Å². The Balaban J connectivity index is 2.13. The molecule has 0 fully saturated rings. The molecule has 5 heteroatoms. The Morgan fingerprint density at radius 3 is 2.71 bits per heavy atom. The molecule has 0 saturated heterocycles. The molecule has 3 nitrogen and oxygen atoms in total. The molecular weight excluding hydrogens is 335 g/mol. The smallest absolute Gasteiger partial charge is 0.138 e. The number of rotatable bonds is 2. The summed E-state index contributed by atoms with van der Waals surface area (Å²) < 4.78 is 19.9. The van der Waals surface area contributed by atoms with Gasteiger partial charge in [0.1, 0.15) is 17.3 Å². The van der Waals surface area contributed by atoms with Gasteiger partial charge in [-0.15, -0.1) is 0 Å². The fourth-order valence-electron chi connectivity index (χ4n) is 2.14. The fraction of sp³-hybridized carbons (Fsp3) is 0.0625. The number of aromatic nitrogens is 1. The highest BCUT2D eigenvalue weighted by Gasteiger charge is 2.08. The van der Waals surface area contributed by atoms with Gasteiger partial charge in [0, 0.05) is 33.4 Å². The van der Waals surface area contributed by atoms with E-state index in [0.29, 0.717) is 21.7 Å². The van der Waals surface area contributed by atoms with Crippen LogP contribution in [-0.4, -0.2) is 4.98 Å². The lowest BCUT2D eigenvalue weighted by atomic mass is 10.1. The molecule has 1 aromatic heterocycles. The molecule has 0 saturated carbocycles. The highest BCUT2D eigenvalue weighted by atomic mass is 79.9. The number of halogens is 2. The monoisotopic (exact) mass is 346 g/mol. The molecule has 1 heterocycles. The van der Waals surface area contributed by atoms with Crippen LogP contribution < -0.4 is 10.5 Å². The average Bonchev–Trinajstić information content (AvgIpc) is 2.38. The highest BCUT2D eigenvalue weighted by Crippen LogP contribution is 2.32. The van der Waals surface area contributed by atoms with Crippen LogP contribution in [0.5, 0.6) is 11.5 Å². The summed E-state index contributed by atoms with van der Waals surface area (Å²) in [6, 6.07) is 11.6. The molecular formula is C16H12BrFN2O. The van der Waals surface area contributed by atoms with Gasteiger partial charge in [-0.3, -0.25) is 4.98 Å². The Hall–Kier alpha value is -2.14.